The summed E-state index contributed by atoms with van der Waals surface area (Å²) in [4.78, 5) is 4.56. The van der Waals surface area contributed by atoms with Crippen molar-refractivity contribution in [1.29, 1.82) is 0 Å². The predicted octanol–water partition coefficient (Wildman–Crippen LogP) is 2.00. The molecule has 0 radical (unpaired) electrons. The monoisotopic (exact) mass is 228 g/mol. The van der Waals surface area contributed by atoms with Crippen LogP contribution < -0.4 is 5.32 Å². The molecule has 0 bridgehead atoms. The van der Waals surface area contributed by atoms with E-state index in [0.29, 0.717) is 6.04 Å². The average molecular weight is 228 g/mol. The molecule has 1 N–H and O–H groups in total. The number of aromatic nitrogens is 3. The molecular formula is C13H16N4. The van der Waals surface area contributed by atoms with E-state index in [0.717, 1.165) is 30.3 Å². The van der Waals surface area contributed by atoms with E-state index in [9.17, 15) is 0 Å². The number of hydrogen-bond donors (Lipinski definition) is 1. The summed E-state index contributed by atoms with van der Waals surface area (Å²) in [5.41, 5.74) is 1.07. The van der Waals surface area contributed by atoms with Crippen LogP contribution in [0.15, 0.2) is 30.3 Å². The number of nitrogens with one attached hydrogen (secondary N) is 1. The summed E-state index contributed by atoms with van der Waals surface area (Å²) in [5.74, 6) is 1.86. The van der Waals surface area contributed by atoms with Gasteiger partial charge < -0.3 is 5.32 Å². The van der Waals surface area contributed by atoms with Gasteiger partial charge in [-0.05, 0) is 38.4 Å². The lowest BCUT2D eigenvalue weighted by Gasteiger charge is -2.04. The van der Waals surface area contributed by atoms with Gasteiger partial charge in [0.05, 0.1) is 11.7 Å². The van der Waals surface area contributed by atoms with Crippen LogP contribution in [0.3, 0.4) is 0 Å². The number of benzene rings is 1. The molecule has 0 saturated carbocycles. The summed E-state index contributed by atoms with van der Waals surface area (Å²) in [6.45, 7) is 3.07. The molecule has 1 atom stereocenters. The molecule has 2 heterocycles. The van der Waals surface area contributed by atoms with Crippen molar-refractivity contribution in [3.8, 4) is 5.69 Å². The van der Waals surface area contributed by atoms with Crippen LogP contribution in [0, 0.1) is 6.92 Å². The first kappa shape index (κ1) is 10.5. The van der Waals surface area contributed by atoms with Gasteiger partial charge >= 0.3 is 0 Å². The van der Waals surface area contributed by atoms with Crippen LogP contribution >= 0.6 is 0 Å². The molecule has 1 aliphatic rings. The zero-order valence-electron chi connectivity index (χ0n) is 9.93. The molecule has 0 aliphatic carbocycles. The fourth-order valence-corrected chi connectivity index (χ4v) is 2.28. The van der Waals surface area contributed by atoms with E-state index in [1.165, 1.54) is 6.42 Å². The van der Waals surface area contributed by atoms with Crippen molar-refractivity contribution in [2.45, 2.75) is 25.8 Å². The predicted molar refractivity (Wildman–Crippen MR) is 66.1 cm³/mol. The van der Waals surface area contributed by atoms with Gasteiger partial charge in [0.1, 0.15) is 5.82 Å². The summed E-state index contributed by atoms with van der Waals surface area (Å²) < 4.78 is 1.91. The van der Waals surface area contributed by atoms with Gasteiger partial charge in [-0.3, -0.25) is 0 Å². The van der Waals surface area contributed by atoms with Crippen molar-refractivity contribution in [3.63, 3.8) is 0 Å². The highest BCUT2D eigenvalue weighted by atomic mass is 15.4. The van der Waals surface area contributed by atoms with Crippen LogP contribution in [-0.4, -0.2) is 21.3 Å². The van der Waals surface area contributed by atoms with Gasteiger partial charge in [0.2, 0.25) is 0 Å². The molecule has 1 aromatic carbocycles. The van der Waals surface area contributed by atoms with Gasteiger partial charge in [0, 0.05) is 0 Å². The maximum Gasteiger partial charge on any atom is 0.168 e. The molecule has 17 heavy (non-hydrogen) atoms. The van der Waals surface area contributed by atoms with Crippen molar-refractivity contribution in [1.82, 2.24) is 20.1 Å². The van der Waals surface area contributed by atoms with Crippen molar-refractivity contribution in [3.05, 3.63) is 42.0 Å². The third-order valence-corrected chi connectivity index (χ3v) is 3.16. The molecule has 88 valence electrons. The van der Waals surface area contributed by atoms with Gasteiger partial charge in [-0.15, -0.1) is 5.10 Å². The highest BCUT2D eigenvalue weighted by Crippen LogP contribution is 2.21. The van der Waals surface area contributed by atoms with Crippen LogP contribution in [-0.2, 0) is 0 Å². The second kappa shape index (κ2) is 4.30. The van der Waals surface area contributed by atoms with E-state index in [1.807, 2.05) is 41.9 Å². The average Bonchev–Trinajstić information content (AvgIpc) is 2.99. The standard InChI is InChI=1S/C13H16N4/c1-10-15-13(12-8-5-9-14-12)16-17(10)11-6-3-2-4-7-11/h2-4,6-7,12,14H,5,8-9H2,1H3. The highest BCUT2D eigenvalue weighted by molar-refractivity contribution is 5.31. The second-order valence-electron chi connectivity index (χ2n) is 4.41. The fourth-order valence-electron chi connectivity index (χ4n) is 2.28. The maximum absolute atomic E-state index is 4.61. The Hall–Kier alpha value is -1.68. The molecule has 0 spiro atoms. The van der Waals surface area contributed by atoms with E-state index >= 15 is 0 Å². The molecular weight excluding hydrogens is 212 g/mol. The van der Waals surface area contributed by atoms with Crippen LogP contribution in [0.5, 0.6) is 0 Å². The maximum atomic E-state index is 4.61. The molecule has 4 nitrogen and oxygen atoms in total. The van der Waals surface area contributed by atoms with E-state index in [1.54, 1.807) is 0 Å². The first-order valence-electron chi connectivity index (χ1n) is 6.07. The smallest absolute Gasteiger partial charge is 0.168 e. The molecule has 0 amide bonds. The van der Waals surface area contributed by atoms with E-state index in [-0.39, 0.29) is 0 Å². The van der Waals surface area contributed by atoms with Crippen molar-refractivity contribution < 1.29 is 0 Å². The quantitative estimate of drug-likeness (QED) is 0.855. The van der Waals surface area contributed by atoms with Gasteiger partial charge in [-0.25, -0.2) is 9.67 Å². The summed E-state index contributed by atoms with van der Waals surface area (Å²) in [6.07, 6.45) is 2.35. The summed E-state index contributed by atoms with van der Waals surface area (Å²) in [6, 6.07) is 10.5. The van der Waals surface area contributed by atoms with Crippen LogP contribution in [0.4, 0.5) is 0 Å². The molecule has 2 aromatic rings. The number of hydrogen-bond acceptors (Lipinski definition) is 3. The minimum absolute atomic E-state index is 0.332. The first-order chi connectivity index (χ1) is 8.34. The third-order valence-electron chi connectivity index (χ3n) is 3.16. The van der Waals surface area contributed by atoms with Crippen molar-refractivity contribution >= 4 is 0 Å². The Morgan fingerprint density at radius 2 is 2.12 bits per heavy atom. The second-order valence-corrected chi connectivity index (χ2v) is 4.41. The largest absolute Gasteiger partial charge is 0.307 e. The van der Waals surface area contributed by atoms with E-state index in [2.05, 4.69) is 15.4 Å². The zero-order chi connectivity index (χ0) is 11.7. The van der Waals surface area contributed by atoms with E-state index in [4.69, 9.17) is 0 Å². The number of aryl methyl sites for hydroxylation is 1. The van der Waals surface area contributed by atoms with Crippen LogP contribution in [0.2, 0.25) is 0 Å². The highest BCUT2D eigenvalue weighted by Gasteiger charge is 2.21. The topological polar surface area (TPSA) is 42.7 Å². The SMILES string of the molecule is Cc1nc(C2CCCN2)nn1-c1ccccc1. The lowest BCUT2D eigenvalue weighted by atomic mass is 10.2. The Balaban J connectivity index is 1.96. The third kappa shape index (κ3) is 1.96. The van der Waals surface area contributed by atoms with Crippen LogP contribution in [0.25, 0.3) is 5.69 Å². The number of nitrogens with zero attached hydrogens (tertiary/aromatic N) is 3. The fraction of sp³-hybridized carbons (Fsp3) is 0.385. The molecule has 4 heteroatoms. The van der Waals surface area contributed by atoms with Gasteiger partial charge in [0.25, 0.3) is 0 Å². The molecule has 1 aromatic heterocycles. The van der Waals surface area contributed by atoms with Gasteiger partial charge in [-0.2, -0.15) is 0 Å². The number of para-hydroxylation sites is 1. The van der Waals surface area contributed by atoms with Crippen molar-refractivity contribution in [2.75, 3.05) is 6.54 Å². The zero-order valence-corrected chi connectivity index (χ0v) is 9.93. The molecule has 1 fully saturated rings. The van der Waals surface area contributed by atoms with Gasteiger partial charge in [-0.1, -0.05) is 18.2 Å². The summed E-state index contributed by atoms with van der Waals surface area (Å²) >= 11 is 0. The minimum Gasteiger partial charge on any atom is -0.307 e. The Kier molecular flexibility index (Phi) is 2.65. The van der Waals surface area contributed by atoms with E-state index < -0.39 is 0 Å². The Morgan fingerprint density at radius 1 is 1.29 bits per heavy atom. The molecule has 1 saturated heterocycles. The van der Waals surface area contributed by atoms with Gasteiger partial charge in [0.15, 0.2) is 5.82 Å². The molecule has 1 aliphatic heterocycles. The normalized spacial score (nSPS) is 19.7. The molecule has 3 rings (SSSR count). The number of rotatable bonds is 2. The summed E-state index contributed by atoms with van der Waals surface area (Å²) in [7, 11) is 0. The lowest BCUT2D eigenvalue weighted by molar-refractivity contribution is 0.602. The van der Waals surface area contributed by atoms with Crippen LogP contribution in [0.1, 0.15) is 30.5 Å². The summed E-state index contributed by atoms with van der Waals surface area (Å²) in [5, 5.41) is 8.03. The Labute approximate surface area is 101 Å². The lowest BCUT2D eigenvalue weighted by Crippen LogP contribution is -2.14. The Bertz CT molecular complexity index is 497. The minimum atomic E-state index is 0.332. The Morgan fingerprint density at radius 3 is 2.82 bits per heavy atom. The molecule has 1 unspecified atom stereocenters. The van der Waals surface area contributed by atoms with Crippen molar-refractivity contribution in [2.24, 2.45) is 0 Å². The first-order valence-corrected chi connectivity index (χ1v) is 6.07.